The Kier molecular flexibility index (Phi) is 6.74. The molecule has 2 heterocycles. The van der Waals surface area contributed by atoms with E-state index < -0.39 is 0 Å². The average molecular weight is 437 g/mol. The second-order valence-corrected chi connectivity index (χ2v) is 9.19. The highest BCUT2D eigenvalue weighted by molar-refractivity contribution is 5.96. The van der Waals surface area contributed by atoms with Gasteiger partial charge in [-0.1, -0.05) is 23.8 Å². The van der Waals surface area contributed by atoms with Crippen molar-refractivity contribution in [1.29, 1.82) is 0 Å². The molecule has 1 aromatic carbocycles. The zero-order chi connectivity index (χ0) is 22.7. The van der Waals surface area contributed by atoms with E-state index in [1.807, 2.05) is 37.4 Å². The monoisotopic (exact) mass is 436 g/mol. The lowest BCUT2D eigenvalue weighted by Crippen LogP contribution is -2.63. The molecular weight excluding hydrogens is 404 g/mol. The topological polar surface area (TPSA) is 83.4 Å². The number of nitrogens with one attached hydrogen (secondary N) is 2. The first-order valence-corrected chi connectivity index (χ1v) is 11.4. The number of carbonyl (C=O) groups excluding carboxylic acids is 2. The molecule has 2 amide bonds. The summed E-state index contributed by atoms with van der Waals surface area (Å²) in [5.41, 5.74) is 2.87. The third kappa shape index (κ3) is 5.27. The highest BCUT2D eigenvalue weighted by Crippen LogP contribution is 2.35. The van der Waals surface area contributed by atoms with Gasteiger partial charge >= 0.3 is 0 Å². The van der Waals surface area contributed by atoms with Crippen molar-refractivity contribution in [2.45, 2.75) is 50.6 Å². The van der Waals surface area contributed by atoms with Crippen molar-refractivity contribution in [2.75, 3.05) is 19.6 Å². The van der Waals surface area contributed by atoms with Crippen LogP contribution in [0.4, 0.5) is 0 Å². The molecule has 0 bridgehead atoms. The van der Waals surface area contributed by atoms with E-state index in [0.717, 1.165) is 44.3 Å². The van der Waals surface area contributed by atoms with Crippen molar-refractivity contribution < 1.29 is 9.59 Å². The van der Waals surface area contributed by atoms with E-state index in [1.165, 1.54) is 5.56 Å². The summed E-state index contributed by atoms with van der Waals surface area (Å²) in [6, 6.07) is 11.7. The molecule has 0 radical (unpaired) electrons. The quantitative estimate of drug-likeness (QED) is 0.725. The van der Waals surface area contributed by atoms with Gasteiger partial charge in [0, 0.05) is 44.0 Å². The van der Waals surface area contributed by atoms with Crippen LogP contribution in [0.3, 0.4) is 0 Å². The Labute approximate surface area is 188 Å². The van der Waals surface area contributed by atoms with Gasteiger partial charge in [-0.05, 0) is 56.2 Å². The molecule has 32 heavy (non-hydrogen) atoms. The summed E-state index contributed by atoms with van der Waals surface area (Å²) in [5.74, 6) is 0.148. The van der Waals surface area contributed by atoms with Crippen molar-refractivity contribution in [3.05, 3.63) is 69.6 Å². The van der Waals surface area contributed by atoms with Gasteiger partial charge in [-0.3, -0.25) is 19.3 Å². The number of aromatic nitrogens is 1. The maximum absolute atomic E-state index is 12.2. The first-order chi connectivity index (χ1) is 15.4. The molecule has 1 aromatic heterocycles. The SMILES string of the molecule is Cc1cccc(C(=O)NCC(=O)NC2CN(C3CCC(c4ccc(=O)n(C)c4)CC3)C2)c1. The Balaban J connectivity index is 1.16. The average Bonchev–Trinajstić information content (AvgIpc) is 2.76. The minimum absolute atomic E-state index is 0.00599. The van der Waals surface area contributed by atoms with Crippen LogP contribution in [0.2, 0.25) is 0 Å². The minimum Gasteiger partial charge on any atom is -0.349 e. The lowest BCUT2D eigenvalue weighted by molar-refractivity contribution is -0.122. The largest absolute Gasteiger partial charge is 0.349 e. The maximum atomic E-state index is 12.2. The summed E-state index contributed by atoms with van der Waals surface area (Å²) in [5, 5.41) is 5.72. The standard InChI is InChI=1S/C25H32N4O3/c1-17-4-3-5-19(12-17)25(32)26-13-23(30)27-21-15-29(16-21)22-9-6-18(7-10-22)20-8-11-24(31)28(2)14-20/h3-5,8,11-12,14,18,21-22H,6-7,9-10,13,15-16H2,1-2H3,(H,26,32)(H,27,30). The molecule has 2 fully saturated rings. The molecule has 2 aromatic rings. The number of hydrogen-bond donors (Lipinski definition) is 2. The Bertz CT molecular complexity index is 1030. The van der Waals surface area contributed by atoms with Crippen LogP contribution in [0.15, 0.2) is 47.4 Å². The summed E-state index contributed by atoms with van der Waals surface area (Å²) in [6.45, 7) is 3.66. The molecule has 1 saturated carbocycles. The number of carbonyl (C=O) groups is 2. The van der Waals surface area contributed by atoms with Gasteiger partial charge in [0.1, 0.15) is 0 Å². The highest BCUT2D eigenvalue weighted by atomic mass is 16.2. The normalized spacial score (nSPS) is 21.6. The summed E-state index contributed by atoms with van der Waals surface area (Å²) in [7, 11) is 1.81. The Hall–Kier alpha value is -2.93. The zero-order valence-electron chi connectivity index (χ0n) is 18.8. The summed E-state index contributed by atoms with van der Waals surface area (Å²) in [6.07, 6.45) is 6.50. The number of benzene rings is 1. The molecule has 0 unspecified atom stereocenters. The second kappa shape index (κ2) is 9.69. The van der Waals surface area contributed by atoms with Crippen molar-refractivity contribution in [3.8, 4) is 0 Å². The van der Waals surface area contributed by atoms with E-state index in [2.05, 4.69) is 15.5 Å². The van der Waals surface area contributed by atoms with Gasteiger partial charge in [-0.2, -0.15) is 0 Å². The zero-order valence-corrected chi connectivity index (χ0v) is 18.8. The van der Waals surface area contributed by atoms with Crippen molar-refractivity contribution in [2.24, 2.45) is 7.05 Å². The Morgan fingerprint density at radius 1 is 1.06 bits per heavy atom. The van der Waals surface area contributed by atoms with Crippen LogP contribution < -0.4 is 16.2 Å². The van der Waals surface area contributed by atoms with E-state index in [9.17, 15) is 14.4 Å². The Morgan fingerprint density at radius 2 is 1.81 bits per heavy atom. The van der Waals surface area contributed by atoms with Crippen molar-refractivity contribution >= 4 is 11.8 Å². The lowest BCUT2D eigenvalue weighted by atomic mass is 9.81. The second-order valence-electron chi connectivity index (χ2n) is 9.19. The summed E-state index contributed by atoms with van der Waals surface area (Å²) >= 11 is 0. The molecule has 0 spiro atoms. The fourth-order valence-corrected chi connectivity index (χ4v) is 4.86. The van der Waals surface area contributed by atoms with Crippen molar-refractivity contribution in [1.82, 2.24) is 20.1 Å². The van der Waals surface area contributed by atoms with Gasteiger partial charge in [0.05, 0.1) is 12.6 Å². The predicted molar refractivity (Wildman–Crippen MR) is 124 cm³/mol. The van der Waals surface area contributed by atoms with E-state index in [4.69, 9.17) is 0 Å². The molecule has 7 nitrogen and oxygen atoms in total. The summed E-state index contributed by atoms with van der Waals surface area (Å²) in [4.78, 5) is 38.4. The van der Waals surface area contributed by atoms with Crippen molar-refractivity contribution in [3.63, 3.8) is 0 Å². The fourth-order valence-electron chi connectivity index (χ4n) is 4.86. The number of aryl methyl sites for hydroxylation is 2. The smallest absolute Gasteiger partial charge is 0.251 e. The predicted octanol–water partition coefficient (Wildman–Crippen LogP) is 1.95. The number of rotatable bonds is 6. The highest BCUT2D eigenvalue weighted by Gasteiger charge is 2.35. The van der Waals surface area contributed by atoms with Crippen LogP contribution in [-0.2, 0) is 11.8 Å². The third-order valence-corrected chi connectivity index (χ3v) is 6.76. The molecule has 170 valence electrons. The molecule has 1 aliphatic heterocycles. The van der Waals surface area contributed by atoms with Gasteiger partial charge in [-0.25, -0.2) is 0 Å². The first kappa shape index (κ1) is 22.3. The molecule has 1 aliphatic carbocycles. The van der Waals surface area contributed by atoms with Gasteiger partial charge in [0.25, 0.3) is 5.91 Å². The molecule has 0 atom stereocenters. The van der Waals surface area contributed by atoms with Gasteiger partial charge in [-0.15, -0.1) is 0 Å². The molecule has 2 aliphatic rings. The van der Waals surface area contributed by atoms with E-state index >= 15 is 0 Å². The fraction of sp³-hybridized carbons (Fsp3) is 0.480. The van der Waals surface area contributed by atoms with E-state index in [1.54, 1.807) is 23.7 Å². The lowest BCUT2D eigenvalue weighted by Gasteiger charge is -2.46. The van der Waals surface area contributed by atoms with Gasteiger partial charge < -0.3 is 15.2 Å². The molecule has 4 rings (SSSR count). The molecule has 2 N–H and O–H groups in total. The number of likely N-dealkylation sites (tertiary alicyclic amines) is 1. The van der Waals surface area contributed by atoms with E-state index in [0.29, 0.717) is 17.5 Å². The van der Waals surface area contributed by atoms with Gasteiger partial charge in [0.2, 0.25) is 11.5 Å². The van der Waals surface area contributed by atoms with E-state index in [-0.39, 0.29) is 30.0 Å². The summed E-state index contributed by atoms with van der Waals surface area (Å²) < 4.78 is 1.66. The first-order valence-electron chi connectivity index (χ1n) is 11.4. The molecular formula is C25H32N4O3. The van der Waals surface area contributed by atoms with Gasteiger partial charge in [0.15, 0.2) is 0 Å². The van der Waals surface area contributed by atoms with Crippen LogP contribution in [-0.4, -0.2) is 53.0 Å². The number of hydrogen-bond acceptors (Lipinski definition) is 4. The Morgan fingerprint density at radius 3 is 2.50 bits per heavy atom. The minimum atomic E-state index is -0.227. The van der Waals surface area contributed by atoms with Crippen LogP contribution in [0.25, 0.3) is 0 Å². The van der Waals surface area contributed by atoms with Crippen LogP contribution in [0.5, 0.6) is 0 Å². The number of amides is 2. The van der Waals surface area contributed by atoms with Crippen LogP contribution >= 0.6 is 0 Å². The number of pyridine rings is 1. The third-order valence-electron chi connectivity index (χ3n) is 6.76. The number of nitrogens with zero attached hydrogens (tertiary/aromatic N) is 2. The van der Waals surface area contributed by atoms with Crippen LogP contribution in [0, 0.1) is 6.92 Å². The molecule has 7 heteroatoms. The molecule has 1 saturated heterocycles. The maximum Gasteiger partial charge on any atom is 0.251 e. The van der Waals surface area contributed by atoms with Crippen LogP contribution in [0.1, 0.15) is 53.1 Å².